The van der Waals surface area contributed by atoms with Gasteiger partial charge in [-0.05, 0) is 18.2 Å². The second kappa shape index (κ2) is 16.1. The molecule has 3 fully saturated rings. The SMILES string of the molecule is OC[C@H]1O[C@@H](Oc2cc(O)c3c(c2)OC(c2ccc(O)cc2)C(O[C@@H]2O[C@H](CO)[C@@H](O)[C@H](O)[C@H]2O[C@@H]2O[C@H](CO)[C@@H](O)[C@H](O)[C@H]2O)=C3)[C@H](O)[C@@H](O)[C@@H]1O. The molecule has 2 aromatic rings. The Kier molecular flexibility index (Phi) is 12.0. The highest BCUT2D eigenvalue weighted by molar-refractivity contribution is 5.70. The van der Waals surface area contributed by atoms with Crippen molar-refractivity contribution in [3.05, 3.63) is 53.3 Å². The summed E-state index contributed by atoms with van der Waals surface area (Å²) < 4.78 is 40.4. The average molecular weight is 759 g/mol. The van der Waals surface area contributed by atoms with Gasteiger partial charge < -0.3 is 99.5 Å². The van der Waals surface area contributed by atoms with E-state index in [1.165, 1.54) is 36.4 Å². The number of aromatic hydroxyl groups is 2. The molecule has 0 spiro atoms. The van der Waals surface area contributed by atoms with Crippen molar-refractivity contribution in [2.24, 2.45) is 0 Å². The second-order valence-electron chi connectivity index (χ2n) is 12.9. The third-order valence-corrected chi connectivity index (χ3v) is 9.40. The zero-order valence-corrected chi connectivity index (χ0v) is 27.6. The van der Waals surface area contributed by atoms with Gasteiger partial charge in [-0.2, -0.15) is 0 Å². The summed E-state index contributed by atoms with van der Waals surface area (Å²) in [4.78, 5) is 0. The molecular weight excluding hydrogens is 716 g/mol. The predicted molar refractivity (Wildman–Crippen MR) is 169 cm³/mol. The molecule has 20 nitrogen and oxygen atoms in total. The first-order valence-electron chi connectivity index (χ1n) is 16.5. The van der Waals surface area contributed by atoms with Crippen molar-refractivity contribution in [1.29, 1.82) is 0 Å². The molecule has 0 bridgehead atoms. The molecule has 4 heterocycles. The lowest BCUT2D eigenvalue weighted by atomic mass is 9.97. The van der Waals surface area contributed by atoms with Gasteiger partial charge in [-0.25, -0.2) is 0 Å². The van der Waals surface area contributed by atoms with Crippen LogP contribution in [0.2, 0.25) is 0 Å². The maximum absolute atomic E-state index is 11.1. The van der Waals surface area contributed by atoms with Crippen molar-refractivity contribution in [2.45, 2.75) is 98.2 Å². The summed E-state index contributed by atoms with van der Waals surface area (Å²) >= 11 is 0. The molecular formula is C33H42O20. The molecule has 2 aromatic carbocycles. The molecule has 1 unspecified atom stereocenters. The number of aliphatic hydroxyl groups is 11. The normalized spacial score (nSPS) is 40.1. The van der Waals surface area contributed by atoms with Gasteiger partial charge in [-0.15, -0.1) is 0 Å². The number of phenolic OH excluding ortho intramolecular Hbond substituents is 2. The highest BCUT2D eigenvalue weighted by Crippen LogP contribution is 2.45. The molecule has 4 aliphatic heterocycles. The van der Waals surface area contributed by atoms with Gasteiger partial charge in [-0.3, -0.25) is 0 Å². The summed E-state index contributed by atoms with van der Waals surface area (Å²) in [5.41, 5.74) is 0.346. The van der Waals surface area contributed by atoms with E-state index in [0.717, 1.165) is 6.07 Å². The fraction of sp³-hybridized carbons (Fsp3) is 0.576. The molecule has 0 saturated carbocycles. The van der Waals surface area contributed by atoms with E-state index in [-0.39, 0.29) is 28.6 Å². The van der Waals surface area contributed by atoms with Crippen molar-refractivity contribution in [3.63, 3.8) is 0 Å². The molecule has 13 N–H and O–H groups in total. The maximum Gasteiger partial charge on any atom is 0.229 e. The summed E-state index contributed by atoms with van der Waals surface area (Å²) in [6, 6.07) is 8.01. The van der Waals surface area contributed by atoms with Crippen LogP contribution in [0.4, 0.5) is 0 Å². The van der Waals surface area contributed by atoms with Crippen molar-refractivity contribution in [3.8, 4) is 23.0 Å². The molecule has 6 rings (SSSR count). The number of hydrogen-bond donors (Lipinski definition) is 13. The molecule has 53 heavy (non-hydrogen) atoms. The van der Waals surface area contributed by atoms with Crippen molar-refractivity contribution in [1.82, 2.24) is 0 Å². The quantitative estimate of drug-likeness (QED) is 0.108. The molecule has 16 atom stereocenters. The summed E-state index contributed by atoms with van der Waals surface area (Å²) in [6.45, 7) is -2.30. The van der Waals surface area contributed by atoms with Gasteiger partial charge in [0.05, 0.1) is 25.4 Å². The van der Waals surface area contributed by atoms with Crippen LogP contribution in [0.15, 0.2) is 42.2 Å². The Morgan fingerprint density at radius 3 is 1.68 bits per heavy atom. The number of phenols is 2. The van der Waals surface area contributed by atoms with Gasteiger partial charge in [0.2, 0.25) is 12.6 Å². The third-order valence-electron chi connectivity index (χ3n) is 9.40. The lowest BCUT2D eigenvalue weighted by Gasteiger charge is -2.46. The van der Waals surface area contributed by atoms with Gasteiger partial charge in [0.25, 0.3) is 0 Å². The van der Waals surface area contributed by atoms with Gasteiger partial charge in [0.1, 0.15) is 95.9 Å². The lowest BCUT2D eigenvalue weighted by molar-refractivity contribution is -0.364. The molecule has 0 amide bonds. The number of hydrogen-bond acceptors (Lipinski definition) is 20. The van der Waals surface area contributed by atoms with E-state index in [0.29, 0.717) is 5.56 Å². The van der Waals surface area contributed by atoms with Crippen molar-refractivity contribution >= 4 is 6.08 Å². The monoisotopic (exact) mass is 758 g/mol. The minimum atomic E-state index is -1.92. The van der Waals surface area contributed by atoms with E-state index in [1.807, 2.05) is 0 Å². The largest absolute Gasteiger partial charge is 0.508 e. The number of fused-ring (bicyclic) bond motifs is 1. The molecule has 0 radical (unpaired) electrons. The van der Waals surface area contributed by atoms with Crippen LogP contribution in [0.1, 0.15) is 17.2 Å². The Balaban J connectivity index is 1.33. The third kappa shape index (κ3) is 7.76. The minimum absolute atomic E-state index is 0.00214. The van der Waals surface area contributed by atoms with E-state index in [4.69, 9.17) is 33.2 Å². The fourth-order valence-electron chi connectivity index (χ4n) is 6.34. The molecule has 0 aromatic heterocycles. The van der Waals surface area contributed by atoms with E-state index < -0.39 is 124 Å². The average Bonchev–Trinajstić information content (AvgIpc) is 3.15. The highest BCUT2D eigenvalue weighted by atomic mass is 16.8. The Hall–Kier alpha value is -3.42. The summed E-state index contributed by atoms with van der Waals surface area (Å²) in [6.07, 6.45) is -25.2. The van der Waals surface area contributed by atoms with Crippen LogP contribution in [0.5, 0.6) is 23.0 Å². The number of benzene rings is 2. The van der Waals surface area contributed by atoms with Crippen LogP contribution < -0.4 is 9.47 Å². The standard InChI is InChI=1S/C33H42O20/c34-8-18-21(39)24(42)27(45)31(50-18)47-13-5-15(38)14-7-17(29(48-16(14)6-13)11-1-3-12(37)4-2-11)49-33-30(26(44)23(41)20(10-36)52-33)53-32-28(46)25(43)22(40)19(9-35)51-32/h1-7,18-46H,8-10H2/t18-,19-,20-,21-,22-,23-,24+,25+,26+,27-,28-,29?,30-,31-,32+,33-/m1/s1. The van der Waals surface area contributed by atoms with Gasteiger partial charge in [0, 0.05) is 17.7 Å². The Morgan fingerprint density at radius 2 is 1.09 bits per heavy atom. The molecule has 20 heteroatoms. The van der Waals surface area contributed by atoms with Crippen LogP contribution in [-0.2, 0) is 23.7 Å². The zero-order valence-electron chi connectivity index (χ0n) is 27.6. The van der Waals surface area contributed by atoms with Crippen LogP contribution >= 0.6 is 0 Å². The van der Waals surface area contributed by atoms with E-state index in [9.17, 15) is 66.4 Å². The van der Waals surface area contributed by atoms with Crippen molar-refractivity contribution < 1.29 is 99.5 Å². The summed E-state index contributed by atoms with van der Waals surface area (Å²) in [7, 11) is 0. The lowest BCUT2D eigenvalue weighted by Crippen LogP contribution is -2.64. The van der Waals surface area contributed by atoms with Crippen LogP contribution in [0.3, 0.4) is 0 Å². The molecule has 294 valence electrons. The fourth-order valence-corrected chi connectivity index (χ4v) is 6.34. The zero-order chi connectivity index (χ0) is 38.3. The number of aliphatic hydroxyl groups excluding tert-OH is 11. The first-order chi connectivity index (χ1) is 25.3. The Morgan fingerprint density at radius 1 is 0.566 bits per heavy atom. The molecule has 4 aliphatic rings. The smallest absolute Gasteiger partial charge is 0.229 e. The predicted octanol–water partition coefficient (Wildman–Crippen LogP) is -4.61. The number of rotatable bonds is 10. The summed E-state index contributed by atoms with van der Waals surface area (Å²) in [5.74, 6) is -0.879. The minimum Gasteiger partial charge on any atom is -0.508 e. The Bertz CT molecular complexity index is 1570. The Labute approximate surface area is 300 Å². The van der Waals surface area contributed by atoms with Gasteiger partial charge in [0.15, 0.2) is 18.5 Å². The molecule has 3 saturated heterocycles. The molecule has 0 aliphatic carbocycles. The van der Waals surface area contributed by atoms with E-state index in [2.05, 4.69) is 0 Å². The maximum atomic E-state index is 11.1. The number of ether oxygens (including phenoxy) is 7. The van der Waals surface area contributed by atoms with Gasteiger partial charge >= 0.3 is 0 Å². The second-order valence-corrected chi connectivity index (χ2v) is 12.9. The first kappa shape index (κ1) is 39.3. The first-order valence-corrected chi connectivity index (χ1v) is 16.5. The van der Waals surface area contributed by atoms with Crippen LogP contribution in [-0.4, -0.2) is 178 Å². The van der Waals surface area contributed by atoms with E-state index in [1.54, 1.807) is 0 Å². The van der Waals surface area contributed by atoms with Crippen LogP contribution in [0.25, 0.3) is 6.08 Å². The van der Waals surface area contributed by atoms with Crippen LogP contribution in [0, 0.1) is 0 Å². The highest BCUT2D eigenvalue weighted by Gasteiger charge is 2.52. The topological polar surface area (TPSA) is 328 Å². The summed E-state index contributed by atoms with van der Waals surface area (Å²) in [5, 5.41) is 134. The van der Waals surface area contributed by atoms with E-state index >= 15 is 0 Å². The van der Waals surface area contributed by atoms with Crippen molar-refractivity contribution in [2.75, 3.05) is 19.8 Å². The van der Waals surface area contributed by atoms with Gasteiger partial charge in [-0.1, -0.05) is 12.1 Å².